The van der Waals surface area contributed by atoms with Crippen molar-refractivity contribution in [3.8, 4) is 0 Å². The zero-order chi connectivity index (χ0) is 29.2. The minimum atomic E-state index is -1.54. The number of carbonyl (C=O) groups is 6. The Morgan fingerprint density at radius 1 is 0.868 bits per heavy atom. The summed E-state index contributed by atoms with van der Waals surface area (Å²) in [6.07, 6.45) is -6.21. The molecular formula is C22H34N2O13S. The van der Waals surface area contributed by atoms with Gasteiger partial charge in [-0.05, 0) is 6.92 Å². The van der Waals surface area contributed by atoms with Crippen molar-refractivity contribution in [2.75, 3.05) is 34.4 Å². The van der Waals surface area contributed by atoms with Gasteiger partial charge >= 0.3 is 30.0 Å². The SMILES string of the molecule is COC(=O)NC[C@](C)(SC1OC(COC(C)=O)C(OC(C)=O)C(OC(C)=O)C1OC(C)=O)C(=O)N(C)OC. The Balaban J connectivity index is 3.60. The van der Waals surface area contributed by atoms with E-state index in [0.717, 1.165) is 51.6 Å². The molecule has 0 aliphatic carbocycles. The number of hydrogen-bond donors (Lipinski definition) is 1. The quantitative estimate of drug-likeness (QED) is 0.199. The third-order valence-electron chi connectivity index (χ3n) is 5.09. The number of alkyl carbamates (subject to hydrolysis) is 1. The average molecular weight is 567 g/mol. The van der Waals surface area contributed by atoms with Crippen molar-refractivity contribution in [1.29, 1.82) is 0 Å². The molecule has 0 aromatic rings. The Bertz CT molecular complexity index is 900. The molecule has 216 valence electrons. The van der Waals surface area contributed by atoms with E-state index in [0.29, 0.717) is 0 Å². The first-order valence-electron chi connectivity index (χ1n) is 11.3. The molecule has 0 radical (unpaired) electrons. The van der Waals surface area contributed by atoms with E-state index < -0.39 is 77.1 Å². The number of hydroxylamine groups is 2. The standard InChI is InChI=1S/C22H34N2O13S/c1-11(25)33-9-15-16(34-12(2)26)17(35-13(3)27)18(36-14(4)28)19(37-15)38-22(5,10-23-21(30)31-7)20(29)24(6)32-8/h15-19H,9-10H2,1-8H3,(H,23,30)/t15?,16?,17?,18?,19?,22-/m0/s1. The van der Waals surface area contributed by atoms with E-state index in [2.05, 4.69) is 10.1 Å². The van der Waals surface area contributed by atoms with Crippen LogP contribution >= 0.6 is 11.8 Å². The van der Waals surface area contributed by atoms with Crippen LogP contribution in [-0.4, -0.2) is 110 Å². The molecule has 1 heterocycles. The van der Waals surface area contributed by atoms with Crippen molar-refractivity contribution in [1.82, 2.24) is 10.4 Å². The van der Waals surface area contributed by atoms with E-state index in [9.17, 15) is 28.8 Å². The topological polar surface area (TPSA) is 182 Å². The second kappa shape index (κ2) is 14.7. The van der Waals surface area contributed by atoms with Crippen molar-refractivity contribution in [3.05, 3.63) is 0 Å². The van der Waals surface area contributed by atoms with Crippen molar-refractivity contribution >= 4 is 47.6 Å². The van der Waals surface area contributed by atoms with Gasteiger partial charge in [0.2, 0.25) is 0 Å². The Hall–Kier alpha value is -3.11. The molecule has 5 unspecified atom stereocenters. The molecule has 1 aliphatic heterocycles. The molecule has 0 aromatic heterocycles. The van der Waals surface area contributed by atoms with Crippen LogP contribution in [0.4, 0.5) is 4.79 Å². The number of amides is 2. The summed E-state index contributed by atoms with van der Waals surface area (Å²) in [7, 11) is 3.74. The number of nitrogens with zero attached hydrogens (tertiary/aromatic N) is 1. The number of ether oxygens (including phenoxy) is 6. The molecule has 38 heavy (non-hydrogen) atoms. The maximum absolute atomic E-state index is 13.3. The smallest absolute Gasteiger partial charge is 0.406 e. The van der Waals surface area contributed by atoms with Crippen molar-refractivity contribution in [3.63, 3.8) is 0 Å². The zero-order valence-electron chi connectivity index (χ0n) is 22.5. The molecule has 0 spiro atoms. The van der Waals surface area contributed by atoms with Gasteiger partial charge in [-0.25, -0.2) is 9.86 Å². The summed E-state index contributed by atoms with van der Waals surface area (Å²) in [5, 5.41) is 3.35. The second-order valence-corrected chi connectivity index (χ2v) is 9.85. The number of thioether (sulfide) groups is 1. The van der Waals surface area contributed by atoms with Crippen LogP contribution in [0.15, 0.2) is 0 Å². The van der Waals surface area contributed by atoms with Gasteiger partial charge in [0.1, 0.15) is 22.9 Å². The molecule has 6 atom stereocenters. The van der Waals surface area contributed by atoms with Crippen LogP contribution in [0.3, 0.4) is 0 Å². The first-order chi connectivity index (χ1) is 17.6. The number of methoxy groups -OCH3 is 1. The van der Waals surface area contributed by atoms with Gasteiger partial charge in [-0.2, -0.15) is 0 Å². The average Bonchev–Trinajstić information content (AvgIpc) is 2.83. The Kier molecular flexibility index (Phi) is 12.8. The van der Waals surface area contributed by atoms with Gasteiger partial charge in [0.05, 0.1) is 14.2 Å². The maximum atomic E-state index is 13.3. The lowest BCUT2D eigenvalue weighted by atomic mass is 9.99. The molecule has 0 bridgehead atoms. The summed E-state index contributed by atoms with van der Waals surface area (Å²) in [5.41, 5.74) is -1.27. The normalized spacial score (nSPS) is 24.2. The molecule has 15 nitrogen and oxygen atoms in total. The van der Waals surface area contributed by atoms with Crippen LogP contribution in [0.25, 0.3) is 0 Å². The van der Waals surface area contributed by atoms with E-state index in [1.807, 2.05) is 0 Å². The van der Waals surface area contributed by atoms with Crippen LogP contribution in [-0.2, 0) is 57.2 Å². The first-order valence-corrected chi connectivity index (χ1v) is 12.2. The summed E-state index contributed by atoms with van der Waals surface area (Å²) in [4.78, 5) is 77.5. The minimum Gasteiger partial charge on any atom is -0.463 e. The minimum absolute atomic E-state index is 0.302. The Morgan fingerprint density at radius 3 is 1.87 bits per heavy atom. The summed E-state index contributed by atoms with van der Waals surface area (Å²) < 4.78 is 30.3. The van der Waals surface area contributed by atoms with Crippen molar-refractivity contribution in [2.24, 2.45) is 0 Å². The van der Waals surface area contributed by atoms with Crippen LogP contribution in [0, 0.1) is 0 Å². The lowest BCUT2D eigenvalue weighted by molar-refractivity contribution is -0.237. The highest BCUT2D eigenvalue weighted by atomic mass is 32.2. The second-order valence-electron chi connectivity index (χ2n) is 8.25. The Labute approximate surface area is 224 Å². The fourth-order valence-electron chi connectivity index (χ4n) is 3.44. The van der Waals surface area contributed by atoms with E-state index in [-0.39, 0.29) is 6.54 Å². The lowest BCUT2D eigenvalue weighted by Crippen LogP contribution is -2.63. The number of carbonyl (C=O) groups excluding carboxylic acids is 6. The van der Waals surface area contributed by atoms with Gasteiger partial charge in [0.25, 0.3) is 5.91 Å². The van der Waals surface area contributed by atoms with Gasteiger partial charge in [-0.15, -0.1) is 11.8 Å². The molecule has 16 heteroatoms. The van der Waals surface area contributed by atoms with E-state index >= 15 is 0 Å². The largest absolute Gasteiger partial charge is 0.463 e. The molecule has 1 N–H and O–H groups in total. The fourth-order valence-corrected chi connectivity index (χ4v) is 4.88. The molecular weight excluding hydrogens is 532 g/mol. The summed E-state index contributed by atoms with van der Waals surface area (Å²) >= 11 is 0.799. The zero-order valence-corrected chi connectivity index (χ0v) is 23.3. The molecule has 2 amide bonds. The van der Waals surface area contributed by atoms with Gasteiger partial charge in [0.15, 0.2) is 18.3 Å². The van der Waals surface area contributed by atoms with E-state index in [1.54, 1.807) is 0 Å². The molecule has 1 aliphatic rings. The molecule has 1 fully saturated rings. The van der Waals surface area contributed by atoms with Crippen LogP contribution in [0.5, 0.6) is 0 Å². The summed E-state index contributed by atoms with van der Waals surface area (Å²) in [6.45, 7) is 5.16. The predicted octanol–water partition coefficient (Wildman–Crippen LogP) is -0.0628. The van der Waals surface area contributed by atoms with Crippen molar-refractivity contribution < 1.29 is 62.0 Å². The fraction of sp³-hybridized carbons (Fsp3) is 0.727. The third kappa shape index (κ3) is 9.64. The van der Waals surface area contributed by atoms with Crippen LogP contribution in [0.1, 0.15) is 34.6 Å². The summed E-state index contributed by atoms with van der Waals surface area (Å²) in [5.74, 6) is -3.67. The van der Waals surface area contributed by atoms with Gasteiger partial charge in [-0.3, -0.25) is 28.8 Å². The monoisotopic (exact) mass is 566 g/mol. The lowest BCUT2D eigenvalue weighted by Gasteiger charge is -2.46. The van der Waals surface area contributed by atoms with Crippen molar-refractivity contribution in [2.45, 2.75) is 69.2 Å². The predicted molar refractivity (Wildman–Crippen MR) is 128 cm³/mol. The van der Waals surface area contributed by atoms with Crippen LogP contribution < -0.4 is 5.32 Å². The third-order valence-corrected chi connectivity index (χ3v) is 6.54. The highest BCUT2D eigenvalue weighted by molar-refractivity contribution is 8.01. The van der Waals surface area contributed by atoms with Crippen LogP contribution in [0.2, 0.25) is 0 Å². The molecule has 0 aromatic carbocycles. The number of hydrogen-bond acceptors (Lipinski definition) is 14. The Morgan fingerprint density at radius 2 is 1.39 bits per heavy atom. The maximum Gasteiger partial charge on any atom is 0.406 e. The van der Waals surface area contributed by atoms with Gasteiger partial charge in [0, 0.05) is 41.3 Å². The van der Waals surface area contributed by atoms with Gasteiger partial charge < -0.3 is 33.7 Å². The number of esters is 4. The first kappa shape index (κ1) is 32.9. The summed E-state index contributed by atoms with van der Waals surface area (Å²) in [6, 6.07) is 0. The number of rotatable bonds is 11. The van der Waals surface area contributed by atoms with Gasteiger partial charge in [-0.1, -0.05) is 0 Å². The highest BCUT2D eigenvalue weighted by Gasteiger charge is 2.55. The molecule has 1 rings (SSSR count). The molecule has 1 saturated heterocycles. The highest BCUT2D eigenvalue weighted by Crippen LogP contribution is 2.40. The number of nitrogens with one attached hydrogen (secondary N) is 1. The van der Waals surface area contributed by atoms with E-state index in [4.69, 9.17) is 28.5 Å². The molecule has 0 saturated carbocycles. The van der Waals surface area contributed by atoms with E-state index in [1.165, 1.54) is 21.1 Å².